The number of nitrogens with one attached hydrogen (secondary N) is 1. The third-order valence-electron chi connectivity index (χ3n) is 9.21. The van der Waals surface area contributed by atoms with Crippen LogP contribution in [0.2, 0.25) is 0 Å². The van der Waals surface area contributed by atoms with Crippen LogP contribution in [0.3, 0.4) is 0 Å². The van der Waals surface area contributed by atoms with E-state index in [1.807, 2.05) is 13.8 Å². The third kappa shape index (κ3) is 7.33. The normalized spacial score (nSPS) is 21.6. The van der Waals surface area contributed by atoms with E-state index in [4.69, 9.17) is 14.3 Å². The standard InChI is InChI=1S/C34H42F2N4O7/c1-20(2)8-6-5-7-9-28(41)45-19-46-31-29-33(44)39-18-27(34(13-12-22(39)4)15-21(3)38-47-34)40(29)17-25(30(31)42)32(43)37-16-23-10-11-24(35)14-26(23)36/h10-11,14,17,20,22,27H,5-9,12-13,15-16,18-19H2,1-4H3,(H,37,43)/t22-,27+,34-/m0/s1. The van der Waals surface area contributed by atoms with Crippen molar-refractivity contribution in [2.75, 3.05) is 13.3 Å². The van der Waals surface area contributed by atoms with Crippen molar-refractivity contribution in [1.29, 1.82) is 0 Å². The Bertz CT molecular complexity index is 1620. The molecule has 2 amide bonds. The van der Waals surface area contributed by atoms with Crippen molar-refractivity contribution in [2.45, 2.75) is 103 Å². The number of hydrogen-bond acceptors (Lipinski definition) is 8. The van der Waals surface area contributed by atoms with Crippen LogP contribution < -0.4 is 15.5 Å². The summed E-state index contributed by atoms with van der Waals surface area (Å²) in [5.74, 6) is -3.31. The number of amides is 2. The summed E-state index contributed by atoms with van der Waals surface area (Å²) in [6.07, 6.45) is 6.72. The number of oxime groups is 1. The fraction of sp³-hybridized carbons (Fsp3) is 0.559. The minimum absolute atomic E-state index is 0.0138. The molecule has 2 bridgehead atoms. The van der Waals surface area contributed by atoms with Crippen molar-refractivity contribution in [3.8, 4) is 5.75 Å². The quantitative estimate of drug-likeness (QED) is 0.188. The fourth-order valence-corrected chi connectivity index (χ4v) is 6.57. The maximum Gasteiger partial charge on any atom is 0.308 e. The van der Waals surface area contributed by atoms with E-state index < -0.39 is 59.0 Å². The van der Waals surface area contributed by atoms with E-state index in [1.165, 1.54) is 12.3 Å². The molecule has 1 saturated heterocycles. The highest BCUT2D eigenvalue weighted by Gasteiger charge is 2.54. The molecule has 1 spiro atoms. The average molecular weight is 657 g/mol. The van der Waals surface area contributed by atoms with Gasteiger partial charge in [0.1, 0.15) is 17.2 Å². The van der Waals surface area contributed by atoms with Crippen LogP contribution >= 0.6 is 0 Å². The van der Waals surface area contributed by atoms with Crippen LogP contribution in [0.25, 0.3) is 0 Å². The van der Waals surface area contributed by atoms with E-state index in [2.05, 4.69) is 24.3 Å². The van der Waals surface area contributed by atoms with Gasteiger partial charge in [-0.1, -0.05) is 44.3 Å². The number of ether oxygens (including phenoxy) is 2. The number of esters is 1. The number of halogens is 2. The Hall–Kier alpha value is -4.29. The molecule has 1 fully saturated rings. The molecule has 47 heavy (non-hydrogen) atoms. The Morgan fingerprint density at radius 1 is 1.19 bits per heavy atom. The van der Waals surface area contributed by atoms with Crippen molar-refractivity contribution in [3.63, 3.8) is 0 Å². The van der Waals surface area contributed by atoms with Gasteiger partial charge in [-0.25, -0.2) is 8.78 Å². The fourth-order valence-electron chi connectivity index (χ4n) is 6.57. The molecule has 3 aliphatic rings. The Balaban J connectivity index is 1.45. The van der Waals surface area contributed by atoms with E-state index in [9.17, 15) is 28.0 Å². The number of unbranched alkanes of at least 4 members (excludes halogenated alkanes) is 2. The number of benzene rings is 1. The van der Waals surface area contributed by atoms with Gasteiger partial charge in [0, 0.05) is 49.8 Å². The van der Waals surface area contributed by atoms with Crippen molar-refractivity contribution in [3.05, 3.63) is 63.1 Å². The number of nitrogens with zero attached hydrogens (tertiary/aromatic N) is 3. The lowest BCUT2D eigenvalue weighted by atomic mass is 9.84. The summed E-state index contributed by atoms with van der Waals surface area (Å²) in [5.41, 5.74) is -1.40. The van der Waals surface area contributed by atoms with Gasteiger partial charge in [0.25, 0.3) is 11.8 Å². The Labute approximate surface area is 272 Å². The van der Waals surface area contributed by atoms with Crippen molar-refractivity contribution >= 4 is 23.5 Å². The molecule has 1 N–H and O–H groups in total. The molecule has 5 rings (SSSR count). The summed E-state index contributed by atoms with van der Waals surface area (Å²) >= 11 is 0. The van der Waals surface area contributed by atoms with Gasteiger partial charge in [0.2, 0.25) is 18.0 Å². The van der Waals surface area contributed by atoms with E-state index in [-0.39, 0.29) is 42.4 Å². The van der Waals surface area contributed by atoms with E-state index in [0.717, 1.165) is 31.0 Å². The van der Waals surface area contributed by atoms with E-state index >= 15 is 0 Å². The van der Waals surface area contributed by atoms with Gasteiger partial charge in [-0.15, -0.1) is 0 Å². The topological polar surface area (TPSA) is 129 Å². The van der Waals surface area contributed by atoms with Crippen LogP contribution in [0.4, 0.5) is 8.78 Å². The van der Waals surface area contributed by atoms with Crippen LogP contribution in [-0.2, 0) is 20.9 Å². The third-order valence-corrected chi connectivity index (χ3v) is 9.21. The monoisotopic (exact) mass is 656 g/mol. The highest BCUT2D eigenvalue weighted by molar-refractivity contribution is 5.99. The molecular formula is C34H42F2N4O7. The molecule has 13 heteroatoms. The summed E-state index contributed by atoms with van der Waals surface area (Å²) in [5, 5.41) is 6.73. The lowest BCUT2D eigenvalue weighted by molar-refractivity contribution is -0.150. The van der Waals surface area contributed by atoms with Crippen LogP contribution in [0.15, 0.2) is 34.3 Å². The highest BCUT2D eigenvalue weighted by Crippen LogP contribution is 2.46. The van der Waals surface area contributed by atoms with Gasteiger partial charge in [-0.05, 0) is 45.1 Å². The van der Waals surface area contributed by atoms with Gasteiger partial charge in [0.15, 0.2) is 11.3 Å². The minimum atomic E-state index is -0.896. The first-order valence-electron chi connectivity index (χ1n) is 16.2. The van der Waals surface area contributed by atoms with Crippen molar-refractivity contribution in [2.24, 2.45) is 11.1 Å². The molecule has 4 heterocycles. The molecule has 11 nitrogen and oxygen atoms in total. The number of hydrogen-bond donors (Lipinski definition) is 1. The predicted molar refractivity (Wildman–Crippen MR) is 168 cm³/mol. The number of aromatic nitrogens is 1. The predicted octanol–water partition coefficient (Wildman–Crippen LogP) is 5.26. The Morgan fingerprint density at radius 2 is 1.98 bits per heavy atom. The molecule has 254 valence electrons. The zero-order valence-corrected chi connectivity index (χ0v) is 27.3. The summed E-state index contributed by atoms with van der Waals surface area (Å²) < 4.78 is 40.3. The number of rotatable bonds is 12. The van der Waals surface area contributed by atoms with Gasteiger partial charge < -0.3 is 29.1 Å². The van der Waals surface area contributed by atoms with E-state index in [1.54, 1.807) is 9.47 Å². The highest BCUT2D eigenvalue weighted by atomic mass is 19.1. The van der Waals surface area contributed by atoms with Crippen molar-refractivity contribution < 1.29 is 37.5 Å². The lowest BCUT2D eigenvalue weighted by Gasteiger charge is -2.42. The van der Waals surface area contributed by atoms with Gasteiger partial charge in [0.05, 0.1) is 11.8 Å². The smallest absolute Gasteiger partial charge is 0.308 e. The largest absolute Gasteiger partial charge is 0.451 e. The number of carbonyl (C=O) groups is 3. The maximum atomic E-state index is 14.3. The van der Waals surface area contributed by atoms with E-state index in [0.29, 0.717) is 37.7 Å². The molecular weight excluding hydrogens is 614 g/mol. The maximum absolute atomic E-state index is 14.3. The molecule has 1 aromatic carbocycles. The summed E-state index contributed by atoms with van der Waals surface area (Å²) in [6.45, 7) is 7.33. The SMILES string of the molecule is CC1=NO[C@@]2(CC[C@H](C)N3C[C@H]2n2cc(C(=O)NCc4ccc(F)cc4F)c(=O)c(OCOC(=O)CCCCCC(C)C)c2C3=O)C1. The number of fused-ring (bicyclic) bond motifs is 5. The van der Waals surface area contributed by atoms with Crippen LogP contribution in [-0.4, -0.2) is 57.9 Å². The molecule has 0 aliphatic carbocycles. The summed E-state index contributed by atoms with van der Waals surface area (Å²) in [4.78, 5) is 61.5. The minimum Gasteiger partial charge on any atom is -0.451 e. The first-order chi connectivity index (χ1) is 22.4. The second-order valence-electron chi connectivity index (χ2n) is 13.2. The molecule has 2 aromatic rings. The molecule has 0 saturated carbocycles. The summed E-state index contributed by atoms with van der Waals surface area (Å²) in [6, 6.07) is 2.23. The second kappa shape index (κ2) is 14.2. The average Bonchev–Trinajstić information content (AvgIpc) is 3.35. The lowest BCUT2D eigenvalue weighted by Crippen LogP contribution is -2.52. The van der Waals surface area contributed by atoms with Crippen LogP contribution in [0.5, 0.6) is 5.75 Å². The summed E-state index contributed by atoms with van der Waals surface area (Å²) in [7, 11) is 0. The first kappa shape index (κ1) is 34.1. The van der Waals surface area contributed by atoms with Gasteiger partial charge in [-0.2, -0.15) is 0 Å². The number of carbonyl (C=O) groups excluding carboxylic acids is 3. The molecule has 3 atom stereocenters. The van der Waals surface area contributed by atoms with Crippen molar-refractivity contribution in [1.82, 2.24) is 14.8 Å². The molecule has 3 aliphatic heterocycles. The second-order valence-corrected chi connectivity index (χ2v) is 13.2. The first-order valence-corrected chi connectivity index (χ1v) is 16.2. The van der Waals surface area contributed by atoms with Gasteiger partial charge in [-0.3, -0.25) is 19.2 Å². The molecule has 0 radical (unpaired) electrons. The van der Waals surface area contributed by atoms with Crippen LogP contribution in [0, 0.1) is 17.6 Å². The molecule has 0 unspecified atom stereocenters. The molecule has 1 aromatic heterocycles. The van der Waals surface area contributed by atoms with Gasteiger partial charge >= 0.3 is 5.97 Å². The Morgan fingerprint density at radius 3 is 2.68 bits per heavy atom. The zero-order chi connectivity index (χ0) is 33.9. The Kier molecular flexibility index (Phi) is 10.3. The zero-order valence-electron chi connectivity index (χ0n) is 27.3. The number of pyridine rings is 1. The van der Waals surface area contributed by atoms with Crippen LogP contribution in [0.1, 0.15) is 112 Å².